The third-order valence-corrected chi connectivity index (χ3v) is 3.07. The first-order chi connectivity index (χ1) is 9.15. The number of hydrogen-bond donors (Lipinski definition) is 2. The van der Waals surface area contributed by atoms with Gasteiger partial charge in [0, 0.05) is 0 Å². The van der Waals surface area contributed by atoms with Crippen molar-refractivity contribution in [3.8, 4) is 5.75 Å². The van der Waals surface area contributed by atoms with Crippen molar-refractivity contribution in [1.82, 2.24) is 15.6 Å². The van der Waals surface area contributed by atoms with Crippen LogP contribution in [0.4, 0.5) is 0 Å². The smallest absolute Gasteiger partial charge is 0.118 e. The number of hydrogen-bond acceptors (Lipinski definition) is 5. The summed E-state index contributed by atoms with van der Waals surface area (Å²) in [6, 6.07) is 9.68. The van der Waals surface area contributed by atoms with Crippen molar-refractivity contribution in [2.24, 2.45) is 5.84 Å². The van der Waals surface area contributed by atoms with Gasteiger partial charge in [-0.25, -0.2) is 5.43 Å². The maximum absolute atomic E-state index is 5.70. The van der Waals surface area contributed by atoms with Crippen LogP contribution in [0.2, 0.25) is 0 Å². The van der Waals surface area contributed by atoms with Gasteiger partial charge in [0.05, 0.1) is 24.5 Å². The number of hydrazine groups is 1. The summed E-state index contributed by atoms with van der Waals surface area (Å²) in [5.74, 6) is 6.52. The first-order valence-electron chi connectivity index (χ1n) is 6.06. The zero-order valence-corrected chi connectivity index (χ0v) is 11.3. The van der Waals surface area contributed by atoms with Crippen LogP contribution in [0.5, 0.6) is 5.75 Å². The van der Waals surface area contributed by atoms with Crippen molar-refractivity contribution in [3.05, 3.63) is 52.8 Å². The second-order valence-corrected chi connectivity index (χ2v) is 4.40. The molecule has 19 heavy (non-hydrogen) atoms. The molecule has 2 aromatic rings. The average Bonchev–Trinajstić information content (AvgIpc) is 2.44. The Morgan fingerprint density at radius 2 is 1.84 bits per heavy atom. The van der Waals surface area contributed by atoms with Crippen LogP contribution in [0.15, 0.2) is 30.3 Å². The minimum absolute atomic E-state index is 0.111. The predicted molar refractivity (Wildman–Crippen MR) is 73.7 cm³/mol. The molecular formula is C14H18N4O. The minimum atomic E-state index is -0.111. The van der Waals surface area contributed by atoms with Crippen LogP contribution in [0.1, 0.15) is 28.6 Å². The van der Waals surface area contributed by atoms with Crippen molar-refractivity contribution >= 4 is 0 Å². The van der Waals surface area contributed by atoms with Crippen LogP contribution < -0.4 is 16.0 Å². The molecule has 0 spiro atoms. The van der Waals surface area contributed by atoms with Crippen LogP contribution in [0.3, 0.4) is 0 Å². The van der Waals surface area contributed by atoms with Gasteiger partial charge in [0.15, 0.2) is 0 Å². The van der Waals surface area contributed by atoms with Gasteiger partial charge in [0.25, 0.3) is 0 Å². The van der Waals surface area contributed by atoms with Crippen molar-refractivity contribution in [2.45, 2.75) is 19.9 Å². The van der Waals surface area contributed by atoms with Gasteiger partial charge in [0.1, 0.15) is 5.75 Å². The molecule has 1 heterocycles. The summed E-state index contributed by atoms with van der Waals surface area (Å²) < 4.78 is 5.16. The highest BCUT2D eigenvalue weighted by Gasteiger charge is 2.16. The molecule has 0 aliphatic carbocycles. The van der Waals surface area contributed by atoms with E-state index in [1.807, 2.05) is 44.2 Å². The third-order valence-electron chi connectivity index (χ3n) is 3.07. The van der Waals surface area contributed by atoms with E-state index in [2.05, 4.69) is 15.6 Å². The number of nitrogens with zero attached hydrogens (tertiary/aromatic N) is 2. The van der Waals surface area contributed by atoms with Gasteiger partial charge in [-0.2, -0.15) is 10.2 Å². The molecule has 0 saturated carbocycles. The maximum atomic E-state index is 5.70. The number of benzene rings is 1. The van der Waals surface area contributed by atoms with E-state index in [1.165, 1.54) is 0 Å². The molecule has 1 aromatic heterocycles. The first-order valence-corrected chi connectivity index (χ1v) is 6.06. The number of aromatic nitrogens is 2. The Morgan fingerprint density at radius 1 is 1.16 bits per heavy atom. The molecule has 0 amide bonds. The third kappa shape index (κ3) is 2.89. The zero-order chi connectivity index (χ0) is 13.8. The first kappa shape index (κ1) is 13.5. The molecule has 100 valence electrons. The van der Waals surface area contributed by atoms with Crippen LogP contribution in [0.25, 0.3) is 0 Å². The van der Waals surface area contributed by atoms with Crippen LogP contribution >= 0.6 is 0 Å². The average molecular weight is 258 g/mol. The minimum Gasteiger partial charge on any atom is -0.497 e. The fraction of sp³-hybridized carbons (Fsp3) is 0.286. The fourth-order valence-corrected chi connectivity index (χ4v) is 2.02. The summed E-state index contributed by atoms with van der Waals surface area (Å²) in [6.45, 7) is 3.84. The van der Waals surface area contributed by atoms with E-state index >= 15 is 0 Å². The Hall–Kier alpha value is -1.98. The van der Waals surface area contributed by atoms with Crippen molar-refractivity contribution in [3.63, 3.8) is 0 Å². The quantitative estimate of drug-likeness (QED) is 0.644. The standard InChI is InChI=1S/C14H18N4O/c1-9-8-13(10(2)18-17-9)14(16-15)11-4-6-12(19-3)7-5-11/h4-8,14,16H,15H2,1-3H3. The molecule has 5 nitrogen and oxygen atoms in total. The van der Waals surface area contributed by atoms with Gasteiger partial charge in [0.2, 0.25) is 0 Å². The lowest BCUT2D eigenvalue weighted by atomic mass is 9.98. The summed E-state index contributed by atoms with van der Waals surface area (Å²) in [4.78, 5) is 0. The molecule has 2 rings (SSSR count). The molecule has 0 aliphatic heterocycles. The second kappa shape index (κ2) is 5.77. The van der Waals surface area contributed by atoms with Crippen LogP contribution in [-0.2, 0) is 0 Å². The molecule has 0 saturated heterocycles. The van der Waals surface area contributed by atoms with E-state index in [0.29, 0.717) is 0 Å². The van der Waals surface area contributed by atoms with E-state index in [1.54, 1.807) is 7.11 Å². The van der Waals surface area contributed by atoms with Crippen LogP contribution in [0, 0.1) is 13.8 Å². The molecule has 1 unspecified atom stereocenters. The number of nitrogens with two attached hydrogens (primary N) is 1. The highest BCUT2D eigenvalue weighted by Crippen LogP contribution is 2.25. The summed E-state index contributed by atoms with van der Waals surface area (Å²) in [6.07, 6.45) is 0. The number of rotatable bonds is 4. The van der Waals surface area contributed by atoms with E-state index < -0.39 is 0 Å². The number of methoxy groups -OCH3 is 1. The summed E-state index contributed by atoms with van der Waals surface area (Å²) in [5, 5.41) is 8.18. The molecule has 0 fully saturated rings. The highest BCUT2D eigenvalue weighted by atomic mass is 16.5. The van der Waals surface area contributed by atoms with Gasteiger partial charge in [-0.15, -0.1) is 0 Å². The molecule has 0 aliphatic rings. The maximum Gasteiger partial charge on any atom is 0.118 e. The lowest BCUT2D eigenvalue weighted by Crippen LogP contribution is -2.29. The normalized spacial score (nSPS) is 12.2. The van der Waals surface area contributed by atoms with Gasteiger partial charge in [-0.05, 0) is 43.2 Å². The number of nitrogens with one attached hydrogen (secondary N) is 1. The lowest BCUT2D eigenvalue weighted by Gasteiger charge is -2.18. The van der Waals surface area contributed by atoms with Crippen molar-refractivity contribution in [2.75, 3.05) is 7.11 Å². The van der Waals surface area contributed by atoms with E-state index in [9.17, 15) is 0 Å². The van der Waals surface area contributed by atoms with Gasteiger partial charge in [-0.3, -0.25) is 5.84 Å². The Balaban J connectivity index is 2.40. The monoisotopic (exact) mass is 258 g/mol. The Labute approximate surface area is 112 Å². The molecule has 0 radical (unpaired) electrons. The Bertz CT molecular complexity index is 554. The SMILES string of the molecule is COc1ccc(C(NN)c2cc(C)nnc2C)cc1. The second-order valence-electron chi connectivity index (χ2n) is 4.40. The summed E-state index contributed by atoms with van der Waals surface area (Å²) in [5.41, 5.74) is 6.65. The summed E-state index contributed by atoms with van der Waals surface area (Å²) >= 11 is 0. The van der Waals surface area contributed by atoms with Crippen molar-refractivity contribution in [1.29, 1.82) is 0 Å². The molecule has 3 N–H and O–H groups in total. The van der Waals surface area contributed by atoms with Gasteiger partial charge in [-0.1, -0.05) is 12.1 Å². The van der Waals surface area contributed by atoms with Gasteiger partial charge < -0.3 is 4.74 Å². The molecule has 5 heteroatoms. The topological polar surface area (TPSA) is 73.1 Å². The summed E-state index contributed by atoms with van der Waals surface area (Å²) in [7, 11) is 1.65. The van der Waals surface area contributed by atoms with Crippen molar-refractivity contribution < 1.29 is 4.74 Å². The van der Waals surface area contributed by atoms with E-state index in [4.69, 9.17) is 10.6 Å². The molecular weight excluding hydrogens is 240 g/mol. The van der Waals surface area contributed by atoms with Crippen LogP contribution in [-0.4, -0.2) is 17.3 Å². The lowest BCUT2D eigenvalue weighted by molar-refractivity contribution is 0.414. The number of ether oxygens (including phenoxy) is 1. The molecule has 0 bridgehead atoms. The van der Waals surface area contributed by atoms with E-state index in [-0.39, 0.29) is 6.04 Å². The van der Waals surface area contributed by atoms with E-state index in [0.717, 1.165) is 28.3 Å². The predicted octanol–water partition coefficient (Wildman–Crippen LogP) is 1.65. The molecule has 1 aromatic carbocycles. The highest BCUT2D eigenvalue weighted by molar-refractivity contribution is 5.37. The Kier molecular flexibility index (Phi) is 4.09. The zero-order valence-electron chi connectivity index (χ0n) is 11.3. The Morgan fingerprint density at radius 3 is 2.42 bits per heavy atom. The number of aryl methyl sites for hydroxylation is 2. The largest absolute Gasteiger partial charge is 0.497 e. The van der Waals surface area contributed by atoms with Gasteiger partial charge >= 0.3 is 0 Å². The fourth-order valence-electron chi connectivity index (χ4n) is 2.02. The molecule has 1 atom stereocenters.